The number of carboxylic acids is 1. The Kier molecular flexibility index (Phi) is 4.70. The number of carboxylic acid groups (broad SMARTS) is 1. The van der Waals surface area contributed by atoms with E-state index in [0.29, 0.717) is 6.42 Å². The molecule has 1 aromatic rings. The minimum atomic E-state index is -3.70. The number of halogens is 1. The van der Waals surface area contributed by atoms with E-state index in [1.165, 1.54) is 30.1 Å². The molecule has 0 radical (unpaired) electrons. The van der Waals surface area contributed by atoms with E-state index in [-0.39, 0.29) is 28.6 Å². The van der Waals surface area contributed by atoms with Gasteiger partial charge in [-0.2, -0.15) is 0 Å². The van der Waals surface area contributed by atoms with Crippen molar-refractivity contribution >= 4 is 33.5 Å². The first-order chi connectivity index (χ1) is 10.6. The van der Waals surface area contributed by atoms with Gasteiger partial charge in [0.1, 0.15) is 0 Å². The first-order valence-corrected chi connectivity index (χ1v) is 8.72. The summed E-state index contributed by atoms with van der Waals surface area (Å²) >= 11 is 6.02. The van der Waals surface area contributed by atoms with Crippen LogP contribution in [0.5, 0.6) is 0 Å². The standard InChI is InChI=1S/C14H17ClN2O5S/c1-14(13(19)20)5-6-17(8-14)12(18)10-7-9(3-4-11(10)15)23(21,22)16-2/h3-4,7,16H,5-6,8H2,1-2H3,(H,19,20)/t14-/m1/s1. The summed E-state index contributed by atoms with van der Waals surface area (Å²) in [5, 5.41) is 9.35. The van der Waals surface area contributed by atoms with Crippen LogP contribution in [0.25, 0.3) is 0 Å². The van der Waals surface area contributed by atoms with Gasteiger partial charge in [0.05, 0.1) is 20.9 Å². The largest absolute Gasteiger partial charge is 0.481 e. The van der Waals surface area contributed by atoms with Crippen LogP contribution in [0.3, 0.4) is 0 Å². The number of carbonyl (C=O) groups excluding carboxylic acids is 1. The van der Waals surface area contributed by atoms with E-state index >= 15 is 0 Å². The van der Waals surface area contributed by atoms with Crippen molar-refractivity contribution in [2.75, 3.05) is 20.1 Å². The lowest BCUT2D eigenvalue weighted by Crippen LogP contribution is -2.35. The Morgan fingerprint density at radius 3 is 2.57 bits per heavy atom. The molecule has 0 spiro atoms. The summed E-state index contributed by atoms with van der Waals surface area (Å²) in [6.07, 6.45) is 0.334. The Bertz CT molecular complexity index is 764. The van der Waals surface area contributed by atoms with Crippen molar-refractivity contribution in [1.82, 2.24) is 9.62 Å². The fourth-order valence-corrected chi connectivity index (χ4v) is 3.39. The van der Waals surface area contributed by atoms with Gasteiger partial charge in [-0.1, -0.05) is 11.6 Å². The maximum absolute atomic E-state index is 12.6. The van der Waals surface area contributed by atoms with Crippen molar-refractivity contribution in [1.29, 1.82) is 0 Å². The minimum Gasteiger partial charge on any atom is -0.481 e. The van der Waals surface area contributed by atoms with Crippen molar-refractivity contribution in [2.45, 2.75) is 18.2 Å². The summed E-state index contributed by atoms with van der Waals surface area (Å²) in [7, 11) is -2.44. The van der Waals surface area contributed by atoms with Crippen LogP contribution in [0.15, 0.2) is 23.1 Å². The van der Waals surface area contributed by atoms with E-state index in [4.69, 9.17) is 11.6 Å². The average Bonchev–Trinajstić information content (AvgIpc) is 2.91. The van der Waals surface area contributed by atoms with Gasteiger partial charge in [-0.05, 0) is 38.6 Å². The fourth-order valence-electron chi connectivity index (χ4n) is 2.43. The summed E-state index contributed by atoms with van der Waals surface area (Å²) in [6, 6.07) is 3.84. The second kappa shape index (κ2) is 6.10. The van der Waals surface area contributed by atoms with E-state index in [0.717, 1.165) is 0 Å². The van der Waals surface area contributed by atoms with Gasteiger partial charge in [0.15, 0.2) is 0 Å². The molecule has 0 unspecified atom stereocenters. The predicted octanol–water partition coefficient (Wildman–Crippen LogP) is 1.18. The number of rotatable bonds is 4. The normalized spacial score (nSPS) is 21.4. The summed E-state index contributed by atoms with van der Waals surface area (Å²) < 4.78 is 25.9. The topological polar surface area (TPSA) is 104 Å². The van der Waals surface area contributed by atoms with Gasteiger partial charge in [0.25, 0.3) is 5.91 Å². The summed E-state index contributed by atoms with van der Waals surface area (Å²) in [6.45, 7) is 1.91. The average molecular weight is 361 g/mol. The maximum Gasteiger partial charge on any atom is 0.311 e. The molecule has 126 valence electrons. The fraction of sp³-hybridized carbons (Fsp3) is 0.429. The monoisotopic (exact) mass is 360 g/mol. The number of nitrogens with zero attached hydrogens (tertiary/aromatic N) is 1. The van der Waals surface area contributed by atoms with Crippen molar-refractivity contribution in [3.63, 3.8) is 0 Å². The van der Waals surface area contributed by atoms with Gasteiger partial charge in [-0.15, -0.1) is 0 Å². The SMILES string of the molecule is CNS(=O)(=O)c1ccc(Cl)c(C(=O)N2CC[C@@](C)(C(=O)O)C2)c1. The van der Waals surface area contributed by atoms with E-state index in [1.54, 1.807) is 6.92 Å². The molecule has 0 bridgehead atoms. The molecule has 23 heavy (non-hydrogen) atoms. The number of nitrogens with one attached hydrogen (secondary N) is 1. The number of hydrogen-bond donors (Lipinski definition) is 2. The van der Waals surface area contributed by atoms with Crippen molar-refractivity contribution in [3.05, 3.63) is 28.8 Å². The van der Waals surface area contributed by atoms with Crippen LogP contribution in [0.1, 0.15) is 23.7 Å². The number of likely N-dealkylation sites (tertiary alicyclic amines) is 1. The highest BCUT2D eigenvalue weighted by Crippen LogP contribution is 2.32. The molecular formula is C14H17ClN2O5S. The Hall–Kier alpha value is -1.64. The van der Waals surface area contributed by atoms with Crippen LogP contribution in [0, 0.1) is 5.41 Å². The van der Waals surface area contributed by atoms with Crippen molar-refractivity contribution in [2.24, 2.45) is 5.41 Å². The van der Waals surface area contributed by atoms with Crippen LogP contribution in [0.2, 0.25) is 5.02 Å². The van der Waals surface area contributed by atoms with Crippen molar-refractivity contribution < 1.29 is 23.1 Å². The molecule has 1 aliphatic rings. The molecule has 1 saturated heterocycles. The highest BCUT2D eigenvalue weighted by Gasteiger charge is 2.42. The van der Waals surface area contributed by atoms with Gasteiger partial charge in [0.2, 0.25) is 10.0 Å². The molecule has 7 nitrogen and oxygen atoms in total. The Morgan fingerprint density at radius 2 is 2.04 bits per heavy atom. The van der Waals surface area contributed by atoms with E-state index in [2.05, 4.69) is 4.72 Å². The lowest BCUT2D eigenvalue weighted by Gasteiger charge is -2.21. The zero-order valence-electron chi connectivity index (χ0n) is 12.7. The Morgan fingerprint density at radius 1 is 1.39 bits per heavy atom. The lowest BCUT2D eigenvalue weighted by molar-refractivity contribution is -0.147. The second-order valence-electron chi connectivity index (χ2n) is 5.69. The number of aliphatic carboxylic acids is 1. The zero-order valence-corrected chi connectivity index (χ0v) is 14.2. The number of carbonyl (C=O) groups is 2. The number of benzene rings is 1. The molecule has 1 fully saturated rings. The van der Waals surface area contributed by atoms with E-state index in [1.807, 2.05) is 0 Å². The van der Waals surface area contributed by atoms with Gasteiger partial charge < -0.3 is 10.0 Å². The van der Waals surface area contributed by atoms with E-state index in [9.17, 15) is 23.1 Å². The Labute approximate surface area is 139 Å². The first kappa shape index (κ1) is 17.7. The van der Waals surface area contributed by atoms with Gasteiger partial charge in [-0.25, -0.2) is 13.1 Å². The molecular weight excluding hydrogens is 344 g/mol. The van der Waals surface area contributed by atoms with Crippen LogP contribution in [-0.4, -0.2) is 50.4 Å². The molecule has 9 heteroatoms. The molecule has 2 rings (SSSR count). The molecule has 1 heterocycles. The number of sulfonamides is 1. The quantitative estimate of drug-likeness (QED) is 0.839. The highest BCUT2D eigenvalue weighted by atomic mass is 35.5. The Balaban J connectivity index is 2.34. The molecule has 1 aromatic carbocycles. The molecule has 2 N–H and O–H groups in total. The first-order valence-electron chi connectivity index (χ1n) is 6.86. The van der Waals surface area contributed by atoms with Crippen LogP contribution < -0.4 is 4.72 Å². The molecule has 0 saturated carbocycles. The molecule has 1 amide bonds. The van der Waals surface area contributed by atoms with Crippen LogP contribution in [-0.2, 0) is 14.8 Å². The molecule has 0 aromatic heterocycles. The highest BCUT2D eigenvalue weighted by molar-refractivity contribution is 7.89. The molecule has 1 atom stereocenters. The zero-order chi connectivity index (χ0) is 17.4. The van der Waals surface area contributed by atoms with Crippen molar-refractivity contribution in [3.8, 4) is 0 Å². The van der Waals surface area contributed by atoms with Crippen LogP contribution >= 0.6 is 11.6 Å². The summed E-state index contributed by atoms with van der Waals surface area (Å²) in [5.74, 6) is -1.45. The van der Waals surface area contributed by atoms with Crippen LogP contribution in [0.4, 0.5) is 0 Å². The van der Waals surface area contributed by atoms with Gasteiger partial charge >= 0.3 is 5.97 Å². The third-order valence-electron chi connectivity index (χ3n) is 4.02. The lowest BCUT2D eigenvalue weighted by atomic mass is 9.90. The third-order valence-corrected chi connectivity index (χ3v) is 5.77. The summed E-state index contributed by atoms with van der Waals surface area (Å²) in [5.41, 5.74) is -0.964. The van der Waals surface area contributed by atoms with Gasteiger partial charge in [0, 0.05) is 13.1 Å². The summed E-state index contributed by atoms with van der Waals surface area (Å²) in [4.78, 5) is 25.2. The number of amides is 1. The maximum atomic E-state index is 12.6. The number of hydrogen-bond acceptors (Lipinski definition) is 4. The van der Waals surface area contributed by atoms with E-state index < -0.39 is 27.3 Å². The third kappa shape index (κ3) is 3.34. The smallest absolute Gasteiger partial charge is 0.311 e. The molecule has 1 aliphatic heterocycles. The molecule has 0 aliphatic carbocycles. The predicted molar refractivity (Wildman–Crippen MR) is 84.0 cm³/mol. The van der Waals surface area contributed by atoms with Gasteiger partial charge in [-0.3, -0.25) is 9.59 Å². The minimum absolute atomic E-state index is 0.0395. The second-order valence-corrected chi connectivity index (χ2v) is 7.99.